The molecule has 32 heavy (non-hydrogen) atoms. The molecular formula is C25H24FN3O3. The summed E-state index contributed by atoms with van der Waals surface area (Å²) in [7, 11) is 1.61. The van der Waals surface area contributed by atoms with Crippen molar-refractivity contribution in [3.8, 4) is 16.9 Å². The van der Waals surface area contributed by atoms with Gasteiger partial charge in [-0.25, -0.2) is 9.18 Å². The molecular weight excluding hydrogens is 409 g/mol. The standard InChI is InChI=1S/C25H24FN3O3/c1-32-21-7-5-17(6-8-21)22-9-10-23-18-11-16(14-29(23)24(22)30)13-28(15-18)25(31)27-20-4-2-3-19(26)12-20/h2-10,12,16,18H,11,13-15H2,1H3,(H,27,31)/t16-,18-/m1/s1. The van der Waals surface area contributed by atoms with E-state index in [9.17, 15) is 14.0 Å². The molecule has 0 aliphatic carbocycles. The summed E-state index contributed by atoms with van der Waals surface area (Å²) < 4.78 is 20.5. The topological polar surface area (TPSA) is 63.6 Å². The Labute approximate surface area is 185 Å². The Morgan fingerprint density at radius 3 is 2.62 bits per heavy atom. The van der Waals surface area contributed by atoms with Crippen molar-refractivity contribution >= 4 is 11.7 Å². The second-order valence-corrected chi connectivity index (χ2v) is 8.46. The van der Waals surface area contributed by atoms with Crippen LogP contribution in [0.15, 0.2) is 65.5 Å². The van der Waals surface area contributed by atoms with Crippen molar-refractivity contribution in [1.29, 1.82) is 0 Å². The van der Waals surface area contributed by atoms with Crippen LogP contribution >= 0.6 is 0 Å². The molecule has 6 nitrogen and oxygen atoms in total. The fourth-order valence-corrected chi connectivity index (χ4v) is 4.87. The molecule has 0 radical (unpaired) electrons. The molecule has 0 saturated carbocycles. The Kier molecular flexibility index (Phi) is 5.17. The van der Waals surface area contributed by atoms with Gasteiger partial charge in [0.05, 0.1) is 7.11 Å². The normalized spacial score (nSPS) is 19.2. The number of ether oxygens (including phenoxy) is 1. The lowest BCUT2D eigenvalue weighted by Gasteiger charge is -2.42. The molecule has 164 valence electrons. The Hall–Kier alpha value is -3.61. The first-order valence-corrected chi connectivity index (χ1v) is 10.7. The number of methoxy groups -OCH3 is 1. The van der Waals surface area contributed by atoms with Gasteiger partial charge in [-0.15, -0.1) is 0 Å². The van der Waals surface area contributed by atoms with Crippen LogP contribution < -0.4 is 15.6 Å². The van der Waals surface area contributed by atoms with Crippen LogP contribution in [0.5, 0.6) is 5.75 Å². The second kappa shape index (κ2) is 8.15. The highest BCUT2D eigenvalue weighted by molar-refractivity contribution is 5.89. The average Bonchev–Trinajstić information content (AvgIpc) is 2.80. The summed E-state index contributed by atoms with van der Waals surface area (Å²) in [5.41, 5.74) is 2.92. The molecule has 3 aromatic rings. The molecule has 7 heteroatoms. The number of aromatic nitrogens is 1. The lowest BCUT2D eigenvalue weighted by atomic mass is 9.83. The van der Waals surface area contributed by atoms with Crippen molar-refractivity contribution in [2.45, 2.75) is 18.9 Å². The number of piperidine rings is 1. The van der Waals surface area contributed by atoms with E-state index in [-0.39, 0.29) is 29.2 Å². The zero-order valence-electron chi connectivity index (χ0n) is 17.8. The van der Waals surface area contributed by atoms with Gasteiger partial charge in [0.2, 0.25) is 0 Å². The average molecular weight is 433 g/mol. The van der Waals surface area contributed by atoms with Crippen molar-refractivity contribution in [3.05, 3.63) is 82.5 Å². The third-order valence-corrected chi connectivity index (χ3v) is 6.37. The van der Waals surface area contributed by atoms with Gasteiger partial charge in [0.25, 0.3) is 5.56 Å². The van der Waals surface area contributed by atoms with Crippen LogP contribution in [-0.2, 0) is 6.54 Å². The number of nitrogens with zero attached hydrogens (tertiary/aromatic N) is 2. The summed E-state index contributed by atoms with van der Waals surface area (Å²) in [6.07, 6.45) is 0.949. The predicted octanol–water partition coefficient (Wildman–Crippen LogP) is 4.31. The summed E-state index contributed by atoms with van der Waals surface area (Å²) >= 11 is 0. The fraction of sp³-hybridized carbons (Fsp3) is 0.280. The highest BCUT2D eigenvalue weighted by atomic mass is 19.1. The van der Waals surface area contributed by atoms with Gasteiger partial charge >= 0.3 is 6.03 Å². The molecule has 1 fully saturated rings. The number of halogens is 1. The van der Waals surface area contributed by atoms with Gasteiger partial charge in [-0.3, -0.25) is 4.79 Å². The molecule has 1 N–H and O–H groups in total. The van der Waals surface area contributed by atoms with Crippen LogP contribution in [0.4, 0.5) is 14.9 Å². The number of hydrogen-bond donors (Lipinski definition) is 1. The molecule has 2 bridgehead atoms. The summed E-state index contributed by atoms with van der Waals surface area (Å²) in [5.74, 6) is 0.652. The molecule has 1 saturated heterocycles. The minimum atomic E-state index is -0.390. The predicted molar refractivity (Wildman–Crippen MR) is 121 cm³/mol. The SMILES string of the molecule is COc1ccc(-c2ccc3n(c2=O)C[C@@H]2C[C@@H]3CN(C(=O)Nc3cccc(F)c3)C2)cc1. The molecule has 5 rings (SSSR count). The van der Waals surface area contributed by atoms with E-state index in [0.29, 0.717) is 30.9 Å². The Morgan fingerprint density at radius 2 is 1.88 bits per heavy atom. The molecule has 2 aliphatic rings. The van der Waals surface area contributed by atoms with E-state index in [4.69, 9.17) is 4.74 Å². The number of hydrogen-bond acceptors (Lipinski definition) is 3. The number of fused-ring (bicyclic) bond motifs is 4. The lowest BCUT2D eigenvalue weighted by molar-refractivity contribution is 0.139. The van der Waals surface area contributed by atoms with Gasteiger partial charge in [0.15, 0.2) is 0 Å². The Morgan fingerprint density at radius 1 is 1.06 bits per heavy atom. The quantitative estimate of drug-likeness (QED) is 0.669. The number of carbonyl (C=O) groups excluding carboxylic acids is 1. The van der Waals surface area contributed by atoms with E-state index in [1.165, 1.54) is 12.1 Å². The molecule has 2 amide bonds. The smallest absolute Gasteiger partial charge is 0.321 e. The first-order chi connectivity index (χ1) is 15.5. The van der Waals surface area contributed by atoms with Crippen LogP contribution in [0.3, 0.4) is 0 Å². The molecule has 2 atom stereocenters. The summed E-state index contributed by atoms with van der Waals surface area (Å²) in [5, 5.41) is 2.79. The van der Waals surface area contributed by atoms with E-state index in [1.54, 1.807) is 24.1 Å². The van der Waals surface area contributed by atoms with Crippen LogP contribution in [0.25, 0.3) is 11.1 Å². The van der Waals surface area contributed by atoms with Crippen LogP contribution in [0.1, 0.15) is 18.0 Å². The minimum absolute atomic E-state index is 0.0000270. The maximum atomic E-state index is 13.4. The molecule has 1 aromatic heterocycles. The highest BCUT2D eigenvalue weighted by Gasteiger charge is 2.36. The second-order valence-electron chi connectivity index (χ2n) is 8.46. The van der Waals surface area contributed by atoms with Crippen LogP contribution in [0.2, 0.25) is 0 Å². The number of carbonyl (C=O) groups is 1. The molecule has 3 heterocycles. The first kappa shape index (κ1) is 20.3. The Bertz CT molecular complexity index is 1220. The number of nitrogens with one attached hydrogen (secondary N) is 1. The fourth-order valence-electron chi connectivity index (χ4n) is 4.87. The Balaban J connectivity index is 1.38. The van der Waals surface area contributed by atoms with E-state index < -0.39 is 0 Å². The number of likely N-dealkylation sites (tertiary alicyclic amines) is 1. The molecule has 2 aromatic carbocycles. The maximum absolute atomic E-state index is 13.4. The summed E-state index contributed by atoms with van der Waals surface area (Å²) in [6, 6.07) is 17.0. The van der Waals surface area contributed by atoms with Crippen LogP contribution in [-0.4, -0.2) is 35.7 Å². The largest absolute Gasteiger partial charge is 0.497 e. The minimum Gasteiger partial charge on any atom is -0.497 e. The number of anilines is 1. The highest BCUT2D eigenvalue weighted by Crippen LogP contribution is 2.36. The third-order valence-electron chi connectivity index (χ3n) is 6.37. The van der Waals surface area contributed by atoms with Gasteiger partial charge in [0.1, 0.15) is 11.6 Å². The molecule has 0 unspecified atom stereocenters. The third kappa shape index (κ3) is 3.75. The zero-order valence-corrected chi connectivity index (χ0v) is 17.8. The van der Waals surface area contributed by atoms with E-state index in [0.717, 1.165) is 23.4 Å². The van der Waals surface area contributed by atoms with Gasteiger partial charge < -0.3 is 19.5 Å². The van der Waals surface area contributed by atoms with Crippen molar-refractivity contribution in [3.63, 3.8) is 0 Å². The van der Waals surface area contributed by atoms with E-state index in [2.05, 4.69) is 5.32 Å². The van der Waals surface area contributed by atoms with Gasteiger partial charge in [-0.05, 0) is 60.4 Å². The summed E-state index contributed by atoms with van der Waals surface area (Å²) in [4.78, 5) is 27.9. The number of amides is 2. The molecule has 0 spiro atoms. The van der Waals surface area contributed by atoms with E-state index in [1.807, 2.05) is 41.0 Å². The number of pyridine rings is 1. The monoisotopic (exact) mass is 433 g/mol. The van der Waals surface area contributed by atoms with Crippen molar-refractivity contribution in [1.82, 2.24) is 9.47 Å². The first-order valence-electron chi connectivity index (χ1n) is 10.7. The van der Waals surface area contributed by atoms with Gasteiger partial charge in [-0.2, -0.15) is 0 Å². The van der Waals surface area contributed by atoms with Gasteiger partial charge in [-0.1, -0.05) is 18.2 Å². The van der Waals surface area contributed by atoms with Gasteiger partial charge in [0, 0.05) is 42.5 Å². The maximum Gasteiger partial charge on any atom is 0.321 e. The summed E-state index contributed by atoms with van der Waals surface area (Å²) in [6.45, 7) is 1.67. The lowest BCUT2D eigenvalue weighted by Crippen LogP contribution is -2.50. The van der Waals surface area contributed by atoms with Crippen LogP contribution in [0, 0.1) is 11.7 Å². The number of benzene rings is 2. The van der Waals surface area contributed by atoms with Crippen molar-refractivity contribution in [2.24, 2.45) is 5.92 Å². The van der Waals surface area contributed by atoms with Crippen molar-refractivity contribution < 1.29 is 13.9 Å². The number of urea groups is 1. The van der Waals surface area contributed by atoms with E-state index >= 15 is 0 Å². The molecule has 2 aliphatic heterocycles. The van der Waals surface area contributed by atoms with Crippen molar-refractivity contribution in [2.75, 3.05) is 25.5 Å². The number of rotatable bonds is 3. The zero-order chi connectivity index (χ0) is 22.2.